The number of pyridine rings is 1. The van der Waals surface area contributed by atoms with E-state index in [9.17, 15) is 26.7 Å². The van der Waals surface area contributed by atoms with E-state index in [0.29, 0.717) is 0 Å². The molecule has 0 aliphatic heterocycles. The van der Waals surface area contributed by atoms with Gasteiger partial charge in [-0.25, -0.2) is 8.78 Å². The highest BCUT2D eigenvalue weighted by Gasteiger charge is 2.36. The molecular weight excluding hydrogens is 348 g/mol. The molecule has 8 heteroatoms. The number of hydrogen-bond acceptors (Lipinski definition) is 2. The van der Waals surface area contributed by atoms with Gasteiger partial charge in [0.2, 0.25) is 0 Å². The lowest BCUT2D eigenvalue weighted by Crippen LogP contribution is -2.13. The number of nitrogens with zero attached hydrogens (tertiary/aromatic N) is 1. The molecule has 1 aromatic rings. The predicted octanol–water partition coefficient (Wildman–Crippen LogP) is 3.46. The van der Waals surface area contributed by atoms with Crippen molar-refractivity contribution in [2.24, 2.45) is 0 Å². The number of hydrogen-bond donors (Lipinski definition) is 0. The summed E-state index contributed by atoms with van der Waals surface area (Å²) in [5, 5.41) is 0. The minimum atomic E-state index is -4.79. The summed E-state index contributed by atoms with van der Waals surface area (Å²) in [5.74, 6) is 0. The topological polar surface area (TPSA) is 30.0 Å². The molecule has 0 N–H and O–H groups in total. The molecule has 0 bridgehead atoms. The Morgan fingerprint density at radius 1 is 1.38 bits per heavy atom. The summed E-state index contributed by atoms with van der Waals surface area (Å²) < 4.78 is 61.2. The second kappa shape index (κ2) is 4.60. The number of halogens is 6. The van der Waals surface area contributed by atoms with Gasteiger partial charge in [-0.2, -0.15) is 13.2 Å². The van der Waals surface area contributed by atoms with Gasteiger partial charge in [0, 0.05) is 11.8 Å². The van der Waals surface area contributed by atoms with Crippen LogP contribution < -0.4 is 0 Å². The molecule has 0 amide bonds. The molecule has 1 aromatic heterocycles. The Balaban J connectivity index is 3.47. The molecule has 0 atom stereocenters. The molecule has 0 radical (unpaired) electrons. The summed E-state index contributed by atoms with van der Waals surface area (Å²) in [6.45, 7) is 0. The number of alkyl halides is 5. The first-order valence-electron chi connectivity index (χ1n) is 3.78. The van der Waals surface area contributed by atoms with E-state index in [1.807, 2.05) is 0 Å². The quantitative estimate of drug-likeness (QED) is 0.464. The lowest BCUT2D eigenvalue weighted by molar-refractivity contribution is -0.138. The Morgan fingerprint density at radius 3 is 2.31 bits per heavy atom. The number of carbonyl (C=O) groups excluding carboxylic acids is 1. The maximum atomic E-state index is 12.4. The van der Waals surface area contributed by atoms with Crippen molar-refractivity contribution in [3.05, 3.63) is 26.6 Å². The summed E-state index contributed by atoms with van der Waals surface area (Å²) in [5.41, 5.74) is -2.94. The summed E-state index contributed by atoms with van der Waals surface area (Å²) >= 11 is 1.25. The smallest absolute Gasteiger partial charge is 0.298 e. The van der Waals surface area contributed by atoms with Crippen molar-refractivity contribution in [1.82, 2.24) is 4.98 Å². The third-order valence-corrected chi connectivity index (χ3v) is 2.85. The number of carbonyl (C=O) groups is 1. The van der Waals surface area contributed by atoms with E-state index in [1.165, 1.54) is 22.6 Å². The van der Waals surface area contributed by atoms with Crippen LogP contribution in [0.5, 0.6) is 0 Å². The van der Waals surface area contributed by atoms with Crippen LogP contribution in [0.4, 0.5) is 22.0 Å². The van der Waals surface area contributed by atoms with Gasteiger partial charge < -0.3 is 0 Å². The molecule has 1 rings (SSSR count). The van der Waals surface area contributed by atoms with Gasteiger partial charge in [-0.15, -0.1) is 0 Å². The SMILES string of the molecule is O=Cc1c(C(F)(F)F)cnc(C(F)F)c1I. The van der Waals surface area contributed by atoms with Crippen molar-refractivity contribution in [3.8, 4) is 0 Å². The maximum Gasteiger partial charge on any atom is 0.418 e. The first-order valence-corrected chi connectivity index (χ1v) is 4.85. The van der Waals surface area contributed by atoms with Crippen LogP contribution in [0.3, 0.4) is 0 Å². The van der Waals surface area contributed by atoms with E-state index in [-0.39, 0.29) is 12.5 Å². The van der Waals surface area contributed by atoms with Crippen molar-refractivity contribution in [1.29, 1.82) is 0 Å². The van der Waals surface area contributed by atoms with E-state index in [2.05, 4.69) is 4.98 Å². The van der Waals surface area contributed by atoms with E-state index < -0.39 is 33.0 Å². The van der Waals surface area contributed by atoms with Gasteiger partial charge in [-0.05, 0) is 22.6 Å². The molecule has 1 heterocycles. The third-order valence-electron chi connectivity index (χ3n) is 1.71. The number of aldehydes is 1. The zero-order valence-corrected chi connectivity index (χ0v) is 9.51. The van der Waals surface area contributed by atoms with E-state index in [1.54, 1.807) is 0 Å². The van der Waals surface area contributed by atoms with Gasteiger partial charge in [0.15, 0.2) is 6.29 Å². The molecule has 0 aliphatic carbocycles. The molecule has 2 nitrogen and oxygen atoms in total. The highest BCUT2D eigenvalue weighted by atomic mass is 127. The highest BCUT2D eigenvalue weighted by molar-refractivity contribution is 14.1. The molecular formula is C8H3F5INO. The first kappa shape index (κ1) is 13.3. The fourth-order valence-corrected chi connectivity index (χ4v) is 1.80. The Hall–Kier alpha value is -0.800. The Kier molecular flexibility index (Phi) is 3.81. The Morgan fingerprint density at radius 2 is 1.94 bits per heavy atom. The van der Waals surface area contributed by atoms with Crippen LogP contribution in [0.15, 0.2) is 6.20 Å². The summed E-state index contributed by atoms with van der Waals surface area (Å²) in [7, 11) is 0. The minimum absolute atomic E-state index is 0.0991. The standard InChI is InChI=1S/C8H3F5INO/c9-7(10)6-5(14)3(2-16)4(1-15-6)8(11,12)13/h1-2,7H. The fourth-order valence-electron chi connectivity index (χ4n) is 1.01. The first-order chi connectivity index (χ1) is 7.29. The molecule has 16 heavy (non-hydrogen) atoms. The fraction of sp³-hybridized carbons (Fsp3) is 0.250. The predicted molar refractivity (Wildman–Crippen MR) is 52.3 cm³/mol. The normalized spacial score (nSPS) is 11.9. The van der Waals surface area contributed by atoms with Crippen LogP contribution in [-0.2, 0) is 6.18 Å². The van der Waals surface area contributed by atoms with Crippen molar-refractivity contribution < 1.29 is 26.7 Å². The van der Waals surface area contributed by atoms with Crippen molar-refractivity contribution in [3.63, 3.8) is 0 Å². The van der Waals surface area contributed by atoms with Crippen LogP contribution >= 0.6 is 22.6 Å². The minimum Gasteiger partial charge on any atom is -0.298 e. The maximum absolute atomic E-state index is 12.4. The van der Waals surface area contributed by atoms with E-state index in [4.69, 9.17) is 0 Å². The summed E-state index contributed by atoms with van der Waals surface area (Å²) in [6, 6.07) is 0. The van der Waals surface area contributed by atoms with Gasteiger partial charge in [0.25, 0.3) is 6.43 Å². The van der Waals surface area contributed by atoms with Gasteiger partial charge in [-0.3, -0.25) is 9.78 Å². The van der Waals surface area contributed by atoms with Crippen LogP contribution in [0.25, 0.3) is 0 Å². The van der Waals surface area contributed by atoms with Gasteiger partial charge in [0.05, 0.1) is 9.13 Å². The van der Waals surface area contributed by atoms with Crippen LogP contribution in [0, 0.1) is 3.57 Å². The molecule has 0 aromatic carbocycles. The van der Waals surface area contributed by atoms with Gasteiger partial charge in [-0.1, -0.05) is 0 Å². The Bertz CT molecular complexity index is 418. The number of aromatic nitrogens is 1. The zero-order valence-electron chi connectivity index (χ0n) is 7.36. The lowest BCUT2D eigenvalue weighted by atomic mass is 10.1. The average molecular weight is 351 g/mol. The number of rotatable bonds is 2. The average Bonchev–Trinajstić information content (AvgIpc) is 2.15. The zero-order chi connectivity index (χ0) is 12.5. The van der Waals surface area contributed by atoms with E-state index in [0.717, 1.165) is 0 Å². The molecule has 0 aliphatic rings. The van der Waals surface area contributed by atoms with Crippen LogP contribution in [0.2, 0.25) is 0 Å². The monoisotopic (exact) mass is 351 g/mol. The van der Waals surface area contributed by atoms with Crippen LogP contribution in [-0.4, -0.2) is 11.3 Å². The second-order valence-corrected chi connectivity index (χ2v) is 3.78. The summed E-state index contributed by atoms with van der Waals surface area (Å²) in [4.78, 5) is 13.5. The highest BCUT2D eigenvalue weighted by Crippen LogP contribution is 2.35. The van der Waals surface area contributed by atoms with Crippen molar-refractivity contribution in [2.45, 2.75) is 12.6 Å². The molecule has 0 unspecified atom stereocenters. The van der Waals surface area contributed by atoms with E-state index >= 15 is 0 Å². The van der Waals surface area contributed by atoms with Crippen LogP contribution in [0.1, 0.15) is 28.0 Å². The molecule has 0 spiro atoms. The molecule has 0 fully saturated rings. The molecule has 0 saturated carbocycles. The molecule has 0 saturated heterocycles. The summed E-state index contributed by atoms with van der Waals surface area (Å²) in [6.07, 6.45) is -7.66. The van der Waals surface area contributed by atoms with Crippen molar-refractivity contribution in [2.75, 3.05) is 0 Å². The lowest BCUT2D eigenvalue weighted by Gasteiger charge is -2.12. The van der Waals surface area contributed by atoms with Gasteiger partial charge in [0.1, 0.15) is 5.69 Å². The third kappa shape index (κ3) is 2.47. The second-order valence-electron chi connectivity index (χ2n) is 2.70. The molecule has 88 valence electrons. The van der Waals surface area contributed by atoms with Gasteiger partial charge >= 0.3 is 6.18 Å². The Labute approximate surface area is 100.0 Å². The van der Waals surface area contributed by atoms with Crippen molar-refractivity contribution >= 4 is 28.9 Å². The largest absolute Gasteiger partial charge is 0.418 e.